The van der Waals surface area contributed by atoms with Crippen LogP contribution in [-0.2, 0) is 19.1 Å². The van der Waals surface area contributed by atoms with E-state index in [4.69, 9.17) is 9.47 Å². The van der Waals surface area contributed by atoms with Gasteiger partial charge in [-0.05, 0) is 55.7 Å². The number of nitrogens with zero attached hydrogens (tertiary/aromatic N) is 1. The third kappa shape index (κ3) is 4.08. The summed E-state index contributed by atoms with van der Waals surface area (Å²) in [5.41, 5.74) is 1.92. The molecule has 7 nitrogen and oxygen atoms in total. The Labute approximate surface area is 177 Å². The number of anilines is 1. The number of carbonyl (C=O) groups is 3. The van der Waals surface area contributed by atoms with Crippen LogP contribution in [0.4, 0.5) is 10.5 Å². The number of hydrogen-bond donors (Lipinski definition) is 1. The zero-order valence-electron chi connectivity index (χ0n) is 17.6. The van der Waals surface area contributed by atoms with E-state index in [0.717, 1.165) is 25.7 Å². The molecule has 0 aromatic heterocycles. The highest BCUT2D eigenvalue weighted by Crippen LogP contribution is 2.48. The maximum Gasteiger partial charge on any atom is 0.411 e. The van der Waals surface area contributed by atoms with Crippen molar-refractivity contribution in [2.24, 2.45) is 11.8 Å². The number of fused-ring (bicyclic) bond motifs is 5. The Kier molecular flexibility index (Phi) is 6.09. The molecule has 30 heavy (non-hydrogen) atoms. The summed E-state index contributed by atoms with van der Waals surface area (Å²) < 4.78 is 11.0. The third-order valence-electron chi connectivity index (χ3n) is 6.46. The zero-order chi connectivity index (χ0) is 21.3. The van der Waals surface area contributed by atoms with Crippen molar-refractivity contribution in [2.45, 2.75) is 64.1 Å². The van der Waals surface area contributed by atoms with Gasteiger partial charge in [0.2, 0.25) is 11.8 Å². The van der Waals surface area contributed by atoms with Gasteiger partial charge in [0, 0.05) is 12.2 Å². The van der Waals surface area contributed by atoms with Crippen molar-refractivity contribution >= 4 is 23.6 Å². The molecule has 4 atom stereocenters. The number of nitrogens with one attached hydrogen (secondary N) is 1. The lowest BCUT2D eigenvalue weighted by Gasteiger charge is -2.17. The molecule has 3 saturated heterocycles. The highest BCUT2D eigenvalue weighted by molar-refractivity contribution is 6.06. The van der Waals surface area contributed by atoms with Crippen molar-refractivity contribution < 1.29 is 23.9 Å². The van der Waals surface area contributed by atoms with Crippen molar-refractivity contribution in [1.29, 1.82) is 0 Å². The van der Waals surface area contributed by atoms with Crippen molar-refractivity contribution in [1.82, 2.24) is 4.90 Å². The molecule has 3 fully saturated rings. The minimum absolute atomic E-state index is 0.0590. The predicted molar refractivity (Wildman–Crippen MR) is 111 cm³/mol. The van der Waals surface area contributed by atoms with Gasteiger partial charge in [-0.15, -0.1) is 0 Å². The highest BCUT2D eigenvalue weighted by atomic mass is 16.5. The average Bonchev–Trinajstić information content (AvgIpc) is 3.40. The molecule has 3 aliphatic rings. The van der Waals surface area contributed by atoms with Gasteiger partial charge in [0.1, 0.15) is 0 Å². The molecule has 1 N–H and O–H groups in total. The van der Waals surface area contributed by atoms with E-state index < -0.39 is 6.09 Å². The van der Waals surface area contributed by atoms with Crippen LogP contribution in [0.3, 0.4) is 0 Å². The summed E-state index contributed by atoms with van der Waals surface area (Å²) in [5.74, 6) is -0.177. The number of unbranched alkanes of at least 4 members (excludes halogenated alkanes) is 2. The summed E-state index contributed by atoms with van der Waals surface area (Å²) in [6.07, 6.45) is 3.38. The minimum Gasteiger partial charge on any atom is -0.449 e. The van der Waals surface area contributed by atoms with E-state index in [0.29, 0.717) is 31.2 Å². The van der Waals surface area contributed by atoms with Crippen molar-refractivity contribution in [2.75, 3.05) is 18.5 Å². The third-order valence-corrected chi connectivity index (χ3v) is 6.46. The molecule has 0 saturated carbocycles. The van der Waals surface area contributed by atoms with Crippen LogP contribution in [0.5, 0.6) is 0 Å². The molecular formula is C23H30N2O5. The molecule has 0 radical (unpaired) electrons. The zero-order valence-corrected chi connectivity index (χ0v) is 17.6. The lowest BCUT2D eigenvalue weighted by Crippen LogP contribution is -2.35. The Balaban J connectivity index is 1.12. The quantitative estimate of drug-likeness (QED) is 0.518. The normalized spacial score (nSPS) is 27.1. The molecule has 0 aliphatic carbocycles. The van der Waals surface area contributed by atoms with Gasteiger partial charge in [-0.2, -0.15) is 0 Å². The van der Waals surface area contributed by atoms with Gasteiger partial charge in [0.05, 0.1) is 30.7 Å². The largest absolute Gasteiger partial charge is 0.449 e. The number of imide groups is 1. The standard InChI is InChI=1S/C23H30N2O5/c1-14(2)15-6-8-16(9-7-15)24-23(28)29-13-5-3-4-12-25-21(26)19-17-10-11-18(30-17)20(19)22(25)27/h6-9,14,17-20H,3-5,10-13H2,1-2H3,(H,24,28). The van der Waals surface area contributed by atoms with Crippen LogP contribution in [0, 0.1) is 11.8 Å². The van der Waals surface area contributed by atoms with E-state index in [9.17, 15) is 14.4 Å². The highest BCUT2D eigenvalue weighted by Gasteiger charge is 2.62. The molecule has 162 valence electrons. The van der Waals surface area contributed by atoms with Gasteiger partial charge < -0.3 is 9.47 Å². The van der Waals surface area contributed by atoms with Crippen molar-refractivity contribution in [3.05, 3.63) is 29.8 Å². The van der Waals surface area contributed by atoms with Gasteiger partial charge in [0.25, 0.3) is 0 Å². The fraction of sp³-hybridized carbons (Fsp3) is 0.609. The number of amides is 3. The summed E-state index contributed by atoms with van der Waals surface area (Å²) in [5, 5.41) is 2.72. The Morgan fingerprint density at radius 1 is 1.07 bits per heavy atom. The first-order chi connectivity index (χ1) is 14.5. The van der Waals surface area contributed by atoms with E-state index in [1.807, 2.05) is 24.3 Å². The van der Waals surface area contributed by atoms with Gasteiger partial charge in [-0.3, -0.25) is 19.8 Å². The Morgan fingerprint density at radius 3 is 2.30 bits per heavy atom. The number of hydrogen-bond acceptors (Lipinski definition) is 5. The number of benzene rings is 1. The average molecular weight is 415 g/mol. The smallest absolute Gasteiger partial charge is 0.411 e. The second kappa shape index (κ2) is 8.76. The first-order valence-corrected chi connectivity index (χ1v) is 11.0. The maximum absolute atomic E-state index is 12.6. The van der Waals surface area contributed by atoms with Crippen molar-refractivity contribution in [3.63, 3.8) is 0 Å². The number of rotatable bonds is 8. The summed E-state index contributed by atoms with van der Waals surface area (Å²) in [6.45, 7) is 4.99. The summed E-state index contributed by atoms with van der Waals surface area (Å²) in [6, 6.07) is 7.72. The fourth-order valence-electron chi connectivity index (χ4n) is 4.81. The van der Waals surface area contributed by atoms with E-state index in [2.05, 4.69) is 19.2 Å². The van der Waals surface area contributed by atoms with E-state index >= 15 is 0 Å². The van der Waals surface area contributed by atoms with E-state index in [-0.39, 0.29) is 35.9 Å². The van der Waals surface area contributed by atoms with Crippen LogP contribution >= 0.6 is 0 Å². The predicted octanol–water partition coefficient (Wildman–Crippen LogP) is 3.69. The first kappa shape index (κ1) is 20.8. The second-order valence-corrected chi connectivity index (χ2v) is 8.77. The molecule has 4 rings (SSSR count). The Morgan fingerprint density at radius 2 is 1.70 bits per heavy atom. The van der Waals surface area contributed by atoms with Crippen LogP contribution < -0.4 is 5.32 Å². The van der Waals surface area contributed by atoms with Crippen LogP contribution in [0.1, 0.15) is 57.4 Å². The molecule has 1 aromatic carbocycles. The molecular weight excluding hydrogens is 384 g/mol. The fourth-order valence-corrected chi connectivity index (χ4v) is 4.81. The van der Waals surface area contributed by atoms with Crippen LogP contribution in [0.15, 0.2) is 24.3 Å². The molecule has 0 spiro atoms. The summed E-state index contributed by atoms with van der Waals surface area (Å²) in [7, 11) is 0. The monoisotopic (exact) mass is 414 g/mol. The molecule has 3 aliphatic heterocycles. The van der Waals surface area contributed by atoms with Crippen molar-refractivity contribution in [3.8, 4) is 0 Å². The van der Waals surface area contributed by atoms with Gasteiger partial charge in [-0.25, -0.2) is 4.79 Å². The topological polar surface area (TPSA) is 84.9 Å². The molecule has 7 heteroatoms. The second-order valence-electron chi connectivity index (χ2n) is 8.77. The van der Waals surface area contributed by atoms with Crippen LogP contribution in [0.25, 0.3) is 0 Å². The molecule has 3 amide bonds. The van der Waals surface area contributed by atoms with Crippen LogP contribution in [-0.4, -0.2) is 48.2 Å². The lowest BCUT2D eigenvalue weighted by molar-refractivity contribution is -0.142. The number of likely N-dealkylation sites (tertiary alicyclic amines) is 1. The Bertz CT molecular complexity index is 778. The number of ether oxygens (including phenoxy) is 2. The molecule has 1 aromatic rings. The summed E-state index contributed by atoms with van der Waals surface area (Å²) in [4.78, 5) is 38.5. The molecule has 2 bridgehead atoms. The number of carbonyl (C=O) groups excluding carboxylic acids is 3. The first-order valence-electron chi connectivity index (χ1n) is 11.0. The van der Waals surface area contributed by atoms with E-state index in [1.54, 1.807) is 0 Å². The summed E-state index contributed by atoms with van der Waals surface area (Å²) >= 11 is 0. The molecule has 4 unspecified atom stereocenters. The van der Waals surface area contributed by atoms with E-state index in [1.165, 1.54) is 10.5 Å². The van der Waals surface area contributed by atoms with Gasteiger partial charge >= 0.3 is 6.09 Å². The van der Waals surface area contributed by atoms with Crippen LogP contribution in [0.2, 0.25) is 0 Å². The molecule has 3 heterocycles. The van der Waals surface area contributed by atoms with Gasteiger partial charge in [-0.1, -0.05) is 26.0 Å². The maximum atomic E-state index is 12.6. The Hall–Kier alpha value is -2.41. The van der Waals surface area contributed by atoms with Gasteiger partial charge in [0.15, 0.2) is 0 Å². The minimum atomic E-state index is -0.472. The lowest BCUT2D eigenvalue weighted by atomic mass is 9.81. The SMILES string of the molecule is CC(C)c1ccc(NC(=O)OCCCCCN2C(=O)C3C4CCC(O4)C3C2=O)cc1.